The van der Waals surface area contributed by atoms with Crippen LogP contribution >= 0.6 is 0 Å². The second-order valence-electron chi connectivity index (χ2n) is 7.92. The van der Waals surface area contributed by atoms with Crippen molar-refractivity contribution in [2.75, 3.05) is 45.3 Å². The average Bonchev–Trinajstić information content (AvgIpc) is 2.75. The van der Waals surface area contributed by atoms with Crippen molar-refractivity contribution in [2.45, 2.75) is 45.1 Å². The molecule has 2 aromatic carbocycles. The van der Waals surface area contributed by atoms with E-state index in [0.29, 0.717) is 19.8 Å². The third kappa shape index (κ3) is 5.75. The number of hydrogen-bond donors (Lipinski definition) is 0. The highest BCUT2D eigenvalue weighted by atomic mass is 16.7. The van der Waals surface area contributed by atoms with Gasteiger partial charge in [-0.05, 0) is 65.0 Å². The molecule has 0 fully saturated rings. The summed E-state index contributed by atoms with van der Waals surface area (Å²) < 4.78 is 18.4. The smallest absolute Gasteiger partial charge is 0.174 e. The number of fused-ring (bicyclic) bond motifs is 1. The Bertz CT molecular complexity index is 747. The van der Waals surface area contributed by atoms with Crippen LogP contribution < -0.4 is 9.64 Å². The Morgan fingerprint density at radius 3 is 2.30 bits per heavy atom. The van der Waals surface area contributed by atoms with Crippen molar-refractivity contribution < 1.29 is 14.2 Å². The van der Waals surface area contributed by atoms with Crippen LogP contribution in [0.4, 0.5) is 5.69 Å². The first-order valence-corrected chi connectivity index (χ1v) is 11.1. The molecule has 2 aromatic rings. The van der Waals surface area contributed by atoms with Gasteiger partial charge < -0.3 is 24.0 Å². The zero-order valence-electron chi connectivity index (χ0n) is 18.8. The van der Waals surface area contributed by atoms with Crippen LogP contribution in [0.2, 0.25) is 0 Å². The summed E-state index contributed by atoms with van der Waals surface area (Å²) in [6.07, 6.45) is 1.82. The van der Waals surface area contributed by atoms with E-state index in [1.165, 1.54) is 5.56 Å². The van der Waals surface area contributed by atoms with Crippen LogP contribution in [0.25, 0.3) is 0 Å². The molecule has 0 aliphatic carbocycles. The molecule has 1 aliphatic heterocycles. The van der Waals surface area contributed by atoms with Crippen molar-refractivity contribution in [1.82, 2.24) is 4.90 Å². The maximum Gasteiger partial charge on any atom is 0.174 e. The summed E-state index contributed by atoms with van der Waals surface area (Å²) in [4.78, 5) is 4.69. The number of hydrogen-bond acceptors (Lipinski definition) is 5. The molecule has 0 aromatic heterocycles. The Labute approximate surface area is 181 Å². The van der Waals surface area contributed by atoms with Crippen molar-refractivity contribution in [1.29, 1.82) is 0 Å². The van der Waals surface area contributed by atoms with Gasteiger partial charge in [-0.25, -0.2) is 0 Å². The first kappa shape index (κ1) is 22.6. The normalized spacial score (nSPS) is 18.5. The highest BCUT2D eigenvalue weighted by molar-refractivity contribution is 5.61. The highest BCUT2D eigenvalue weighted by Gasteiger charge is 2.37. The first-order chi connectivity index (χ1) is 14.6. The minimum Gasteiger partial charge on any atom is -0.481 e. The summed E-state index contributed by atoms with van der Waals surface area (Å²) in [5.74, 6) is 0.918. The zero-order chi connectivity index (χ0) is 21.3. The van der Waals surface area contributed by atoms with E-state index in [9.17, 15) is 0 Å². The number of para-hydroxylation sites is 2. The van der Waals surface area contributed by atoms with Gasteiger partial charge in [-0.1, -0.05) is 42.5 Å². The largest absolute Gasteiger partial charge is 0.481 e. The number of nitrogens with zero attached hydrogens (tertiary/aromatic N) is 2. The van der Waals surface area contributed by atoms with Crippen LogP contribution in [-0.4, -0.2) is 57.6 Å². The summed E-state index contributed by atoms with van der Waals surface area (Å²) in [6.45, 7) is 7.02. The number of ether oxygens (including phenoxy) is 3. The van der Waals surface area contributed by atoms with Gasteiger partial charge in [-0.2, -0.15) is 0 Å². The Morgan fingerprint density at radius 2 is 1.63 bits per heavy atom. The van der Waals surface area contributed by atoms with Crippen LogP contribution in [0, 0.1) is 0 Å². The third-order valence-corrected chi connectivity index (χ3v) is 5.46. The summed E-state index contributed by atoms with van der Waals surface area (Å²) in [5, 5.41) is 0. The summed E-state index contributed by atoms with van der Waals surface area (Å²) in [6, 6.07) is 19.1. The van der Waals surface area contributed by atoms with E-state index in [1.54, 1.807) is 0 Å². The Kier molecular flexibility index (Phi) is 8.55. The Hall–Kier alpha value is -2.08. The fraction of sp³-hybridized carbons (Fsp3) is 0.520. The lowest BCUT2D eigenvalue weighted by atomic mass is 9.94. The van der Waals surface area contributed by atoms with Gasteiger partial charge in [-0.15, -0.1) is 0 Å². The molecule has 5 heteroatoms. The quantitative estimate of drug-likeness (QED) is 0.498. The Morgan fingerprint density at radius 1 is 0.967 bits per heavy atom. The van der Waals surface area contributed by atoms with Gasteiger partial charge in [0, 0.05) is 13.2 Å². The van der Waals surface area contributed by atoms with Gasteiger partial charge in [0.1, 0.15) is 11.9 Å². The lowest BCUT2D eigenvalue weighted by Gasteiger charge is -2.45. The molecule has 0 radical (unpaired) electrons. The second kappa shape index (κ2) is 11.3. The van der Waals surface area contributed by atoms with Crippen molar-refractivity contribution >= 4 is 5.69 Å². The SMILES string of the molecule is CCOC(CN1c2ccccc2OC(c2ccccc2)C1CCCN(C)C)OCC. The summed E-state index contributed by atoms with van der Waals surface area (Å²) in [5.41, 5.74) is 2.32. The van der Waals surface area contributed by atoms with Gasteiger partial charge in [0.25, 0.3) is 0 Å². The molecule has 164 valence electrons. The predicted octanol–water partition coefficient (Wildman–Crippen LogP) is 4.74. The molecule has 1 aliphatic rings. The zero-order valence-corrected chi connectivity index (χ0v) is 18.8. The minimum absolute atomic E-state index is 0.0350. The second-order valence-corrected chi connectivity index (χ2v) is 7.92. The molecule has 1 heterocycles. The molecule has 0 saturated carbocycles. The first-order valence-electron chi connectivity index (χ1n) is 11.1. The number of benzene rings is 2. The average molecular weight is 413 g/mol. The van der Waals surface area contributed by atoms with Crippen LogP contribution in [0.5, 0.6) is 5.75 Å². The highest BCUT2D eigenvalue weighted by Crippen LogP contribution is 2.43. The maximum atomic E-state index is 6.58. The number of rotatable bonds is 11. The standard InChI is InChI=1S/C25H36N2O3/c1-5-28-24(29-6-2)19-27-21-15-10-11-17-23(21)30-25(20-13-8-7-9-14-20)22(27)16-12-18-26(3)4/h7-11,13-15,17,22,24-25H,5-6,12,16,18-19H2,1-4H3. The minimum atomic E-state index is -0.265. The molecule has 0 bridgehead atoms. The number of anilines is 1. The Balaban J connectivity index is 1.95. The molecule has 0 spiro atoms. The van der Waals surface area contributed by atoms with Crippen molar-refractivity contribution in [3.05, 3.63) is 60.2 Å². The van der Waals surface area contributed by atoms with Crippen LogP contribution in [-0.2, 0) is 9.47 Å². The van der Waals surface area contributed by atoms with Crippen LogP contribution in [0.15, 0.2) is 54.6 Å². The molecule has 3 rings (SSSR count). The van der Waals surface area contributed by atoms with Gasteiger partial charge in [0.15, 0.2) is 6.29 Å². The molecule has 30 heavy (non-hydrogen) atoms. The molecule has 0 saturated heterocycles. The van der Waals surface area contributed by atoms with Crippen molar-refractivity contribution in [2.24, 2.45) is 0 Å². The van der Waals surface area contributed by atoms with E-state index in [-0.39, 0.29) is 18.4 Å². The van der Waals surface area contributed by atoms with Crippen LogP contribution in [0.1, 0.15) is 38.4 Å². The lowest BCUT2D eigenvalue weighted by Crippen LogP contribution is -2.49. The van der Waals surface area contributed by atoms with Gasteiger partial charge in [0.05, 0.1) is 18.3 Å². The van der Waals surface area contributed by atoms with E-state index in [4.69, 9.17) is 14.2 Å². The van der Waals surface area contributed by atoms with Crippen molar-refractivity contribution in [3.63, 3.8) is 0 Å². The summed E-state index contributed by atoms with van der Waals surface area (Å²) >= 11 is 0. The molecule has 5 nitrogen and oxygen atoms in total. The molecule has 0 N–H and O–H groups in total. The van der Waals surface area contributed by atoms with Crippen molar-refractivity contribution in [3.8, 4) is 5.75 Å². The van der Waals surface area contributed by atoms with Gasteiger partial charge in [0.2, 0.25) is 0 Å². The van der Waals surface area contributed by atoms with E-state index in [1.807, 2.05) is 19.9 Å². The van der Waals surface area contributed by atoms with Crippen LogP contribution in [0.3, 0.4) is 0 Å². The van der Waals surface area contributed by atoms with Gasteiger partial charge in [-0.3, -0.25) is 0 Å². The molecule has 0 amide bonds. The monoisotopic (exact) mass is 412 g/mol. The van der Waals surface area contributed by atoms with E-state index >= 15 is 0 Å². The fourth-order valence-electron chi connectivity index (χ4n) is 4.13. The fourth-order valence-corrected chi connectivity index (χ4v) is 4.13. The van der Waals surface area contributed by atoms with E-state index in [2.05, 4.69) is 72.4 Å². The topological polar surface area (TPSA) is 34.2 Å². The summed E-state index contributed by atoms with van der Waals surface area (Å²) in [7, 11) is 4.25. The van der Waals surface area contributed by atoms with Gasteiger partial charge >= 0.3 is 0 Å². The predicted molar refractivity (Wildman–Crippen MR) is 122 cm³/mol. The molecule has 2 atom stereocenters. The third-order valence-electron chi connectivity index (χ3n) is 5.46. The molecular formula is C25H36N2O3. The lowest BCUT2D eigenvalue weighted by molar-refractivity contribution is -0.131. The molecular weight excluding hydrogens is 376 g/mol. The van der Waals surface area contributed by atoms with E-state index in [0.717, 1.165) is 30.8 Å². The van der Waals surface area contributed by atoms with E-state index < -0.39 is 0 Å². The molecule has 2 unspecified atom stereocenters. The maximum absolute atomic E-state index is 6.58.